The van der Waals surface area contributed by atoms with Crippen molar-refractivity contribution in [3.8, 4) is 0 Å². The highest BCUT2D eigenvalue weighted by molar-refractivity contribution is 5.48. The van der Waals surface area contributed by atoms with Crippen LogP contribution < -0.4 is 10.2 Å². The summed E-state index contributed by atoms with van der Waals surface area (Å²) < 4.78 is 0. The summed E-state index contributed by atoms with van der Waals surface area (Å²) in [7, 11) is 4.31. The standard InChI is InChI=1S/C14H25N5/c1-5-15-13-8-14(17-11(2)16-13)19(4)10-12-6-7-18(3)9-12/h8,12H,5-7,9-10H2,1-4H3,(H,15,16,17). The molecule has 1 atom stereocenters. The fraction of sp³-hybridized carbons (Fsp3) is 0.714. The summed E-state index contributed by atoms with van der Waals surface area (Å²) >= 11 is 0. The lowest BCUT2D eigenvalue weighted by atomic mass is 10.1. The summed E-state index contributed by atoms with van der Waals surface area (Å²) in [5.74, 6) is 3.50. The minimum Gasteiger partial charge on any atom is -0.370 e. The fourth-order valence-electron chi connectivity index (χ4n) is 2.68. The smallest absolute Gasteiger partial charge is 0.134 e. The largest absolute Gasteiger partial charge is 0.370 e. The van der Waals surface area contributed by atoms with Crippen molar-refractivity contribution in [2.24, 2.45) is 5.92 Å². The van der Waals surface area contributed by atoms with Gasteiger partial charge in [0.25, 0.3) is 0 Å². The van der Waals surface area contributed by atoms with Crippen LogP contribution in [0.3, 0.4) is 0 Å². The van der Waals surface area contributed by atoms with Crippen molar-refractivity contribution < 1.29 is 0 Å². The van der Waals surface area contributed by atoms with Gasteiger partial charge in [0.1, 0.15) is 17.5 Å². The molecule has 0 aliphatic carbocycles. The Hall–Kier alpha value is -1.36. The summed E-state index contributed by atoms with van der Waals surface area (Å²) in [4.78, 5) is 13.6. The Labute approximate surface area is 116 Å². The average molecular weight is 263 g/mol. The molecule has 2 rings (SSSR count). The van der Waals surface area contributed by atoms with Gasteiger partial charge in [-0.3, -0.25) is 0 Å². The van der Waals surface area contributed by atoms with Crippen LogP contribution in [0.15, 0.2) is 6.07 Å². The number of hydrogen-bond donors (Lipinski definition) is 1. The summed E-state index contributed by atoms with van der Waals surface area (Å²) in [6, 6.07) is 2.04. The molecule has 1 aromatic rings. The number of rotatable bonds is 5. The van der Waals surface area contributed by atoms with Crippen LogP contribution in [0.1, 0.15) is 19.2 Å². The molecule has 5 nitrogen and oxygen atoms in total. The Bertz CT molecular complexity index is 420. The second kappa shape index (κ2) is 6.19. The highest BCUT2D eigenvalue weighted by atomic mass is 15.2. The first-order valence-corrected chi connectivity index (χ1v) is 7.07. The third kappa shape index (κ3) is 3.80. The minimum atomic E-state index is 0.743. The molecular formula is C14H25N5. The van der Waals surface area contributed by atoms with Crippen LogP contribution in [0.2, 0.25) is 0 Å². The molecule has 0 spiro atoms. The molecule has 2 heterocycles. The van der Waals surface area contributed by atoms with Gasteiger partial charge in [-0.25, -0.2) is 9.97 Å². The SMILES string of the molecule is CCNc1cc(N(C)CC2CCN(C)C2)nc(C)n1. The maximum absolute atomic E-state index is 4.54. The lowest BCUT2D eigenvalue weighted by Crippen LogP contribution is -2.28. The third-order valence-electron chi connectivity index (χ3n) is 3.59. The molecule has 5 heteroatoms. The molecule has 0 amide bonds. The normalized spacial score (nSPS) is 19.7. The van der Waals surface area contributed by atoms with Crippen LogP contribution in [0.4, 0.5) is 11.6 Å². The van der Waals surface area contributed by atoms with E-state index in [1.54, 1.807) is 0 Å². The second-order valence-corrected chi connectivity index (χ2v) is 5.49. The van der Waals surface area contributed by atoms with E-state index in [2.05, 4.69) is 46.1 Å². The Kier molecular flexibility index (Phi) is 4.58. The molecule has 1 aromatic heterocycles. The molecule has 0 saturated carbocycles. The number of aromatic nitrogens is 2. The first-order chi connectivity index (χ1) is 9.08. The quantitative estimate of drug-likeness (QED) is 0.874. The number of nitrogens with zero attached hydrogens (tertiary/aromatic N) is 4. The summed E-state index contributed by atoms with van der Waals surface area (Å²) in [5.41, 5.74) is 0. The molecule has 106 valence electrons. The molecule has 1 aliphatic heterocycles. The van der Waals surface area contributed by atoms with Crippen molar-refractivity contribution in [2.75, 3.05) is 50.5 Å². The van der Waals surface area contributed by atoms with Crippen LogP contribution in [-0.4, -0.2) is 55.1 Å². The molecule has 1 N–H and O–H groups in total. The first-order valence-electron chi connectivity index (χ1n) is 7.07. The van der Waals surface area contributed by atoms with Crippen molar-refractivity contribution in [3.63, 3.8) is 0 Å². The minimum absolute atomic E-state index is 0.743. The van der Waals surface area contributed by atoms with Gasteiger partial charge in [0, 0.05) is 32.7 Å². The molecule has 1 saturated heterocycles. The van der Waals surface area contributed by atoms with E-state index in [9.17, 15) is 0 Å². The average Bonchev–Trinajstić information content (AvgIpc) is 2.74. The predicted octanol–water partition coefficient (Wildman–Crippen LogP) is 1.60. The Morgan fingerprint density at radius 2 is 2.26 bits per heavy atom. The van der Waals surface area contributed by atoms with E-state index >= 15 is 0 Å². The Morgan fingerprint density at radius 3 is 2.89 bits per heavy atom. The van der Waals surface area contributed by atoms with Gasteiger partial charge in [0.15, 0.2) is 0 Å². The molecule has 1 fully saturated rings. The van der Waals surface area contributed by atoms with Crippen LogP contribution in [0.5, 0.6) is 0 Å². The van der Waals surface area contributed by atoms with Gasteiger partial charge in [-0.1, -0.05) is 0 Å². The number of hydrogen-bond acceptors (Lipinski definition) is 5. The molecule has 0 bridgehead atoms. The molecule has 19 heavy (non-hydrogen) atoms. The van der Waals surface area contributed by atoms with E-state index in [0.717, 1.165) is 36.5 Å². The summed E-state index contributed by atoms with van der Waals surface area (Å²) in [6.07, 6.45) is 1.28. The van der Waals surface area contributed by atoms with E-state index in [-0.39, 0.29) is 0 Å². The van der Waals surface area contributed by atoms with E-state index in [4.69, 9.17) is 0 Å². The van der Waals surface area contributed by atoms with Crippen molar-refractivity contribution in [3.05, 3.63) is 11.9 Å². The number of likely N-dealkylation sites (tertiary alicyclic amines) is 1. The highest BCUT2D eigenvalue weighted by Crippen LogP contribution is 2.20. The van der Waals surface area contributed by atoms with Gasteiger partial charge < -0.3 is 15.1 Å². The monoisotopic (exact) mass is 263 g/mol. The zero-order valence-corrected chi connectivity index (χ0v) is 12.5. The molecule has 1 unspecified atom stereocenters. The molecular weight excluding hydrogens is 238 g/mol. The van der Waals surface area contributed by atoms with Crippen LogP contribution in [-0.2, 0) is 0 Å². The Balaban J connectivity index is 2.03. The van der Waals surface area contributed by atoms with Crippen LogP contribution in [0, 0.1) is 12.8 Å². The van der Waals surface area contributed by atoms with Gasteiger partial charge in [0.05, 0.1) is 0 Å². The number of aryl methyl sites for hydroxylation is 1. The van der Waals surface area contributed by atoms with Gasteiger partial charge in [-0.15, -0.1) is 0 Å². The van der Waals surface area contributed by atoms with Gasteiger partial charge >= 0.3 is 0 Å². The molecule has 0 aromatic carbocycles. The second-order valence-electron chi connectivity index (χ2n) is 5.49. The van der Waals surface area contributed by atoms with E-state index in [1.807, 2.05) is 13.0 Å². The maximum atomic E-state index is 4.54. The highest BCUT2D eigenvalue weighted by Gasteiger charge is 2.21. The Morgan fingerprint density at radius 1 is 1.47 bits per heavy atom. The first kappa shape index (κ1) is 14.1. The lowest BCUT2D eigenvalue weighted by molar-refractivity contribution is 0.395. The molecule has 0 radical (unpaired) electrons. The number of nitrogens with one attached hydrogen (secondary N) is 1. The summed E-state index contributed by atoms with van der Waals surface area (Å²) in [6.45, 7) is 8.37. The molecule has 1 aliphatic rings. The topological polar surface area (TPSA) is 44.3 Å². The van der Waals surface area contributed by atoms with Crippen molar-refractivity contribution in [1.29, 1.82) is 0 Å². The number of anilines is 2. The zero-order chi connectivity index (χ0) is 13.8. The zero-order valence-electron chi connectivity index (χ0n) is 12.5. The van der Waals surface area contributed by atoms with Crippen molar-refractivity contribution in [2.45, 2.75) is 20.3 Å². The van der Waals surface area contributed by atoms with Crippen molar-refractivity contribution in [1.82, 2.24) is 14.9 Å². The van der Waals surface area contributed by atoms with E-state index in [1.165, 1.54) is 19.5 Å². The van der Waals surface area contributed by atoms with E-state index in [0.29, 0.717) is 0 Å². The van der Waals surface area contributed by atoms with Gasteiger partial charge in [-0.2, -0.15) is 0 Å². The maximum Gasteiger partial charge on any atom is 0.134 e. The predicted molar refractivity (Wildman–Crippen MR) is 79.8 cm³/mol. The van der Waals surface area contributed by atoms with Crippen LogP contribution in [0.25, 0.3) is 0 Å². The lowest BCUT2D eigenvalue weighted by Gasteiger charge is -2.22. The fourth-order valence-corrected chi connectivity index (χ4v) is 2.68. The van der Waals surface area contributed by atoms with Gasteiger partial charge in [-0.05, 0) is 39.8 Å². The summed E-state index contributed by atoms with van der Waals surface area (Å²) in [5, 5.41) is 3.26. The van der Waals surface area contributed by atoms with Crippen molar-refractivity contribution >= 4 is 11.6 Å². The third-order valence-corrected chi connectivity index (χ3v) is 3.59. The van der Waals surface area contributed by atoms with Gasteiger partial charge in [0.2, 0.25) is 0 Å². The van der Waals surface area contributed by atoms with Crippen LogP contribution >= 0.6 is 0 Å². The van der Waals surface area contributed by atoms with E-state index < -0.39 is 0 Å².